The lowest BCUT2D eigenvalue weighted by molar-refractivity contribution is 0.280. The monoisotopic (exact) mass is 343 g/mol. The average molecular weight is 344 g/mol. The van der Waals surface area contributed by atoms with Gasteiger partial charge < -0.3 is 10.4 Å². The van der Waals surface area contributed by atoms with E-state index in [9.17, 15) is 5.11 Å². The first-order valence-electron chi connectivity index (χ1n) is 7.14. The molecule has 1 heterocycles. The number of aliphatic hydroxyl groups excluding tert-OH is 1. The Morgan fingerprint density at radius 2 is 1.86 bits per heavy atom. The molecule has 0 fully saturated rings. The molecule has 2 N–H and O–H groups in total. The van der Waals surface area contributed by atoms with Crippen molar-refractivity contribution in [2.45, 2.75) is 39.5 Å². The zero-order valence-electron chi connectivity index (χ0n) is 13.1. The average Bonchev–Trinajstić information content (AvgIpc) is 2.76. The van der Waals surface area contributed by atoms with Crippen LogP contribution in [0.5, 0.6) is 0 Å². The van der Waals surface area contributed by atoms with E-state index < -0.39 is 0 Å². The molecular formula is C16H23Cl2N3O. The highest BCUT2D eigenvalue weighted by Gasteiger charge is 2.16. The molecule has 6 heteroatoms. The largest absolute Gasteiger partial charge is 0.392 e. The maximum atomic E-state index is 9.34. The van der Waals surface area contributed by atoms with Gasteiger partial charge in [-0.25, -0.2) is 0 Å². The van der Waals surface area contributed by atoms with Crippen LogP contribution in [-0.4, -0.2) is 14.9 Å². The van der Waals surface area contributed by atoms with Crippen LogP contribution in [0.3, 0.4) is 0 Å². The van der Waals surface area contributed by atoms with Crippen LogP contribution in [0.25, 0.3) is 0 Å². The number of hydrogen-bond donors (Lipinski definition) is 2. The molecule has 1 aromatic carbocycles. The van der Waals surface area contributed by atoms with E-state index in [1.807, 2.05) is 31.3 Å². The molecule has 0 spiro atoms. The van der Waals surface area contributed by atoms with Crippen LogP contribution in [0.2, 0.25) is 5.15 Å². The summed E-state index contributed by atoms with van der Waals surface area (Å²) in [5, 5.41) is 17.9. The fourth-order valence-electron chi connectivity index (χ4n) is 2.40. The van der Waals surface area contributed by atoms with Crippen molar-refractivity contribution < 1.29 is 5.11 Å². The molecule has 0 aliphatic heterocycles. The van der Waals surface area contributed by atoms with Crippen molar-refractivity contribution in [1.29, 1.82) is 0 Å². The highest BCUT2D eigenvalue weighted by atomic mass is 35.5. The van der Waals surface area contributed by atoms with Crippen LogP contribution in [0, 0.1) is 0 Å². The number of aryl methyl sites for hydroxylation is 1. The molecule has 0 atom stereocenters. The fraction of sp³-hybridized carbons (Fsp3) is 0.438. The standard InChI is InChI=1S/C16H22ClN3O.ClH/c1-11(2)15-14(16(17)20(3)19-15)9-18-8-12-6-4-5-7-13(12)10-21;/h4-7,11,18,21H,8-10H2,1-3H3;1H. The number of aliphatic hydroxyl groups is 1. The van der Waals surface area contributed by atoms with E-state index in [1.165, 1.54) is 0 Å². The lowest BCUT2D eigenvalue weighted by Crippen LogP contribution is -2.15. The Morgan fingerprint density at radius 3 is 2.45 bits per heavy atom. The second kappa shape index (κ2) is 8.53. The number of aromatic nitrogens is 2. The smallest absolute Gasteiger partial charge is 0.131 e. The van der Waals surface area contributed by atoms with Gasteiger partial charge in [0.15, 0.2) is 0 Å². The number of benzene rings is 1. The maximum Gasteiger partial charge on any atom is 0.131 e. The molecule has 1 aromatic heterocycles. The van der Waals surface area contributed by atoms with Gasteiger partial charge in [0.1, 0.15) is 5.15 Å². The minimum absolute atomic E-state index is 0. The summed E-state index contributed by atoms with van der Waals surface area (Å²) in [6.45, 7) is 5.65. The van der Waals surface area contributed by atoms with Crippen molar-refractivity contribution in [2.24, 2.45) is 7.05 Å². The topological polar surface area (TPSA) is 50.1 Å². The Labute approximate surface area is 142 Å². The van der Waals surface area contributed by atoms with Crippen molar-refractivity contribution in [2.75, 3.05) is 0 Å². The summed E-state index contributed by atoms with van der Waals surface area (Å²) < 4.78 is 1.72. The predicted molar refractivity (Wildman–Crippen MR) is 92.5 cm³/mol. The molecule has 22 heavy (non-hydrogen) atoms. The second-order valence-corrected chi connectivity index (χ2v) is 5.82. The maximum absolute atomic E-state index is 9.34. The Balaban J connectivity index is 0.00000242. The van der Waals surface area contributed by atoms with Crippen LogP contribution in [-0.2, 0) is 26.7 Å². The van der Waals surface area contributed by atoms with Gasteiger partial charge in [0.05, 0.1) is 12.3 Å². The summed E-state index contributed by atoms with van der Waals surface area (Å²) in [5.74, 6) is 0.338. The molecule has 2 aromatic rings. The van der Waals surface area contributed by atoms with Crippen LogP contribution < -0.4 is 5.32 Å². The zero-order chi connectivity index (χ0) is 15.4. The predicted octanol–water partition coefficient (Wildman–Crippen LogP) is 3.40. The van der Waals surface area contributed by atoms with Crippen LogP contribution in [0.15, 0.2) is 24.3 Å². The summed E-state index contributed by atoms with van der Waals surface area (Å²) in [5.41, 5.74) is 4.14. The normalized spacial score (nSPS) is 10.8. The molecule has 0 unspecified atom stereocenters. The SMILES string of the molecule is CC(C)c1nn(C)c(Cl)c1CNCc1ccccc1CO.Cl. The van der Waals surface area contributed by atoms with Crippen molar-refractivity contribution in [3.05, 3.63) is 51.8 Å². The van der Waals surface area contributed by atoms with E-state index in [1.54, 1.807) is 4.68 Å². The third-order valence-corrected chi connectivity index (χ3v) is 4.03. The van der Waals surface area contributed by atoms with Gasteiger partial charge in [0.25, 0.3) is 0 Å². The van der Waals surface area contributed by atoms with Crippen molar-refractivity contribution in [1.82, 2.24) is 15.1 Å². The number of rotatable bonds is 6. The van der Waals surface area contributed by atoms with Crippen molar-refractivity contribution >= 4 is 24.0 Å². The third-order valence-electron chi connectivity index (χ3n) is 3.55. The Kier molecular flexibility index (Phi) is 7.36. The number of nitrogens with one attached hydrogen (secondary N) is 1. The molecule has 0 aliphatic carbocycles. The molecule has 0 aliphatic rings. The number of hydrogen-bond acceptors (Lipinski definition) is 3. The Hall–Kier alpha value is -1.07. The van der Waals surface area contributed by atoms with E-state index in [0.29, 0.717) is 24.2 Å². The first-order chi connectivity index (χ1) is 10.0. The molecule has 0 bridgehead atoms. The first-order valence-corrected chi connectivity index (χ1v) is 7.52. The summed E-state index contributed by atoms with van der Waals surface area (Å²) in [6, 6.07) is 7.87. The molecule has 0 saturated heterocycles. The highest BCUT2D eigenvalue weighted by molar-refractivity contribution is 6.30. The Morgan fingerprint density at radius 1 is 1.23 bits per heavy atom. The molecule has 122 valence electrons. The summed E-state index contributed by atoms with van der Waals surface area (Å²) in [6.07, 6.45) is 0. The number of halogens is 2. The Bertz CT molecular complexity index is 611. The molecule has 0 saturated carbocycles. The van der Waals surface area contributed by atoms with Gasteiger partial charge in [-0.1, -0.05) is 49.7 Å². The van der Waals surface area contributed by atoms with E-state index >= 15 is 0 Å². The highest BCUT2D eigenvalue weighted by Crippen LogP contribution is 2.25. The van der Waals surface area contributed by atoms with Gasteiger partial charge in [0.2, 0.25) is 0 Å². The summed E-state index contributed by atoms with van der Waals surface area (Å²) >= 11 is 6.32. The first kappa shape index (κ1) is 19.0. The van der Waals surface area contributed by atoms with E-state index in [4.69, 9.17) is 11.6 Å². The molecular weight excluding hydrogens is 321 g/mol. The van der Waals surface area contributed by atoms with Crippen LogP contribution in [0.4, 0.5) is 0 Å². The van der Waals surface area contributed by atoms with Gasteiger partial charge in [-0.15, -0.1) is 12.4 Å². The minimum atomic E-state index is 0. The minimum Gasteiger partial charge on any atom is -0.392 e. The van der Waals surface area contributed by atoms with E-state index in [2.05, 4.69) is 24.3 Å². The second-order valence-electron chi connectivity index (χ2n) is 5.46. The van der Waals surface area contributed by atoms with Gasteiger partial charge >= 0.3 is 0 Å². The van der Waals surface area contributed by atoms with Gasteiger partial charge in [-0.3, -0.25) is 4.68 Å². The van der Waals surface area contributed by atoms with Crippen molar-refractivity contribution in [3.63, 3.8) is 0 Å². The van der Waals surface area contributed by atoms with E-state index in [0.717, 1.165) is 22.4 Å². The third kappa shape index (κ3) is 4.23. The zero-order valence-corrected chi connectivity index (χ0v) is 14.7. The van der Waals surface area contributed by atoms with Crippen LogP contribution >= 0.6 is 24.0 Å². The quantitative estimate of drug-likeness (QED) is 0.844. The lowest BCUT2D eigenvalue weighted by Gasteiger charge is -2.10. The van der Waals surface area contributed by atoms with Gasteiger partial charge in [-0.05, 0) is 17.0 Å². The van der Waals surface area contributed by atoms with Gasteiger partial charge in [0, 0.05) is 25.7 Å². The molecule has 2 rings (SSSR count). The summed E-state index contributed by atoms with van der Waals surface area (Å²) in [7, 11) is 1.86. The van der Waals surface area contributed by atoms with Gasteiger partial charge in [-0.2, -0.15) is 5.10 Å². The fourth-order valence-corrected chi connectivity index (χ4v) is 2.60. The van der Waals surface area contributed by atoms with Crippen molar-refractivity contribution in [3.8, 4) is 0 Å². The lowest BCUT2D eigenvalue weighted by atomic mass is 10.1. The molecule has 0 radical (unpaired) electrons. The van der Waals surface area contributed by atoms with Crippen LogP contribution in [0.1, 0.15) is 42.1 Å². The molecule has 0 amide bonds. The number of nitrogens with zero attached hydrogens (tertiary/aromatic N) is 2. The van der Waals surface area contributed by atoms with E-state index in [-0.39, 0.29) is 19.0 Å². The summed E-state index contributed by atoms with van der Waals surface area (Å²) in [4.78, 5) is 0. The molecule has 4 nitrogen and oxygen atoms in total.